The van der Waals surface area contributed by atoms with Crippen LogP contribution in [0.3, 0.4) is 0 Å². The van der Waals surface area contributed by atoms with Crippen LogP contribution in [0.25, 0.3) is 33.1 Å². The van der Waals surface area contributed by atoms with Crippen LogP contribution in [0.15, 0.2) is 57.7 Å². The number of carboxylic acids is 1. The third kappa shape index (κ3) is 5.67. The van der Waals surface area contributed by atoms with E-state index >= 15 is 0 Å². The fourth-order valence-corrected chi connectivity index (χ4v) is 5.58. The molecule has 3 N–H and O–H groups in total. The van der Waals surface area contributed by atoms with Crippen LogP contribution in [0.2, 0.25) is 0 Å². The molecule has 43 heavy (non-hydrogen) atoms. The Labute approximate surface area is 243 Å². The predicted octanol–water partition coefficient (Wildman–Crippen LogP) is 4.27. The molecule has 0 spiro atoms. The third-order valence-electron chi connectivity index (χ3n) is 7.47. The highest BCUT2D eigenvalue weighted by molar-refractivity contribution is 6.06. The average Bonchev–Trinajstić information content (AvgIpc) is 3.73. The molecule has 7 rings (SSSR count). The second-order valence-corrected chi connectivity index (χ2v) is 9.99. The molecule has 0 amide bonds. The van der Waals surface area contributed by atoms with Crippen molar-refractivity contribution in [1.82, 2.24) is 19.5 Å². The normalized spacial score (nSPS) is 20.1. The lowest BCUT2D eigenvalue weighted by Gasteiger charge is -2.28. The number of nitrogens with zero attached hydrogens (tertiary/aromatic N) is 4. The zero-order chi connectivity index (χ0) is 30.7. The molecule has 0 bridgehead atoms. The molecular weight excluding hydrogens is 564 g/mol. The number of carbonyl (C=O) groups is 1. The van der Waals surface area contributed by atoms with Crippen molar-refractivity contribution in [2.75, 3.05) is 24.7 Å². The summed E-state index contributed by atoms with van der Waals surface area (Å²) >= 11 is 0. The van der Waals surface area contributed by atoms with Crippen LogP contribution < -0.4 is 10.6 Å². The number of fused-ring (bicyclic) bond motifs is 4. The number of nitrogens with one attached hydrogen (secondary N) is 1. The number of furan rings is 1. The van der Waals surface area contributed by atoms with E-state index in [2.05, 4.69) is 27.8 Å². The standard InChI is InChI=1S/C16H13F2N3O3.C12H14N2O3.C2H2/c17-13(18)14-19-11-8-4-1-2-6-10(8)24-12(11)15(20-14)21-7-3-5-9(21)16(22)23;15-11-7-17-6-5-10(11)14-9-4-2-1-3-8(9)13-12(14)16;1-2/h1-2,4,6,9,13H,3,5,7H2,(H,22,23);1-4,10-11,15H,5-7H2,(H,13,16);1-2H/t9-;10?,11-;/m00./s1. The molecule has 5 heterocycles. The molecule has 2 aliphatic rings. The van der Waals surface area contributed by atoms with Crippen LogP contribution in [-0.2, 0) is 9.53 Å². The number of para-hydroxylation sites is 3. The minimum absolute atomic E-state index is 0.122. The smallest absolute Gasteiger partial charge is 0.326 e. The quantitative estimate of drug-likeness (QED) is 0.260. The summed E-state index contributed by atoms with van der Waals surface area (Å²) in [5.41, 5.74) is 2.49. The van der Waals surface area contributed by atoms with Gasteiger partial charge in [0.1, 0.15) is 17.1 Å². The fraction of sp³-hybridized carbons (Fsp3) is 0.333. The van der Waals surface area contributed by atoms with Crippen molar-refractivity contribution in [2.24, 2.45) is 0 Å². The van der Waals surface area contributed by atoms with Gasteiger partial charge in [-0.1, -0.05) is 24.3 Å². The number of hydrogen-bond donors (Lipinski definition) is 3. The molecule has 0 aliphatic carbocycles. The first kappa shape index (κ1) is 29.7. The van der Waals surface area contributed by atoms with Crippen LogP contribution in [0.4, 0.5) is 14.6 Å². The molecule has 1 unspecified atom stereocenters. The van der Waals surface area contributed by atoms with E-state index in [0.717, 1.165) is 11.0 Å². The van der Waals surface area contributed by atoms with E-state index in [1.54, 1.807) is 28.8 Å². The molecule has 2 saturated heterocycles. The summed E-state index contributed by atoms with van der Waals surface area (Å²) in [6.45, 7) is 1.28. The fourth-order valence-electron chi connectivity index (χ4n) is 5.58. The van der Waals surface area contributed by atoms with Crippen molar-refractivity contribution in [3.8, 4) is 12.8 Å². The number of benzene rings is 2. The lowest BCUT2D eigenvalue weighted by Crippen LogP contribution is -2.38. The number of hydrogen-bond acceptors (Lipinski definition) is 8. The van der Waals surface area contributed by atoms with Gasteiger partial charge in [0.05, 0.1) is 29.8 Å². The number of anilines is 1. The summed E-state index contributed by atoms with van der Waals surface area (Å²) in [4.78, 5) is 35.6. The Kier molecular flexibility index (Phi) is 8.70. The summed E-state index contributed by atoms with van der Waals surface area (Å²) in [7, 11) is 0. The summed E-state index contributed by atoms with van der Waals surface area (Å²) < 4.78 is 39.0. The number of aliphatic carboxylic acids is 1. The maximum Gasteiger partial charge on any atom is 0.326 e. The molecule has 2 aromatic carbocycles. The van der Waals surface area contributed by atoms with Crippen LogP contribution >= 0.6 is 0 Å². The molecule has 2 aliphatic heterocycles. The van der Waals surface area contributed by atoms with E-state index in [1.807, 2.05) is 24.3 Å². The molecule has 224 valence electrons. The van der Waals surface area contributed by atoms with Crippen LogP contribution in [-0.4, -0.2) is 67.6 Å². The minimum atomic E-state index is -2.85. The molecule has 13 heteroatoms. The number of terminal acetylenes is 1. The van der Waals surface area contributed by atoms with Gasteiger partial charge in [-0.15, -0.1) is 12.8 Å². The minimum Gasteiger partial charge on any atom is -0.480 e. The van der Waals surface area contributed by atoms with Crippen LogP contribution in [0, 0.1) is 12.8 Å². The monoisotopic (exact) mass is 593 g/mol. The first-order chi connectivity index (χ1) is 20.8. The summed E-state index contributed by atoms with van der Waals surface area (Å²) in [5, 5.41) is 19.9. The Morgan fingerprint density at radius 1 is 1.09 bits per heavy atom. The van der Waals surface area contributed by atoms with Crippen molar-refractivity contribution in [2.45, 2.75) is 43.9 Å². The Morgan fingerprint density at radius 3 is 2.58 bits per heavy atom. The topological polar surface area (TPSA) is 147 Å². The molecule has 0 radical (unpaired) electrons. The number of aromatic amines is 1. The Bertz CT molecular complexity index is 1830. The predicted molar refractivity (Wildman–Crippen MR) is 155 cm³/mol. The van der Waals surface area contributed by atoms with Gasteiger partial charge < -0.3 is 29.3 Å². The van der Waals surface area contributed by atoms with Gasteiger partial charge in [-0.25, -0.2) is 28.3 Å². The first-order valence-corrected chi connectivity index (χ1v) is 13.6. The largest absolute Gasteiger partial charge is 0.480 e. The van der Waals surface area contributed by atoms with Gasteiger partial charge in [-0.05, 0) is 43.5 Å². The van der Waals surface area contributed by atoms with Crippen LogP contribution in [0.5, 0.6) is 0 Å². The molecule has 11 nitrogen and oxygen atoms in total. The molecule has 5 aromatic rings. The maximum absolute atomic E-state index is 13.2. The Hall–Kier alpha value is -4.80. The Balaban J connectivity index is 0.000000170. The number of rotatable bonds is 4. The molecule has 0 saturated carbocycles. The maximum atomic E-state index is 13.2. The van der Waals surface area contributed by atoms with Gasteiger partial charge in [-0.3, -0.25) is 4.57 Å². The number of imidazole rings is 1. The number of aliphatic hydroxyl groups is 1. The number of carboxylic acid groups (broad SMARTS) is 1. The number of H-pyrrole nitrogens is 1. The van der Waals surface area contributed by atoms with E-state index in [1.165, 1.54) is 4.90 Å². The highest BCUT2D eigenvalue weighted by Crippen LogP contribution is 2.37. The van der Waals surface area contributed by atoms with E-state index < -0.39 is 30.4 Å². The van der Waals surface area contributed by atoms with Gasteiger partial charge in [0.25, 0.3) is 6.43 Å². The summed E-state index contributed by atoms with van der Waals surface area (Å²) in [6, 6.07) is 13.5. The van der Waals surface area contributed by atoms with Crippen molar-refractivity contribution in [3.63, 3.8) is 0 Å². The highest BCUT2D eigenvalue weighted by Gasteiger charge is 2.35. The second-order valence-electron chi connectivity index (χ2n) is 9.99. The highest BCUT2D eigenvalue weighted by atomic mass is 19.3. The van der Waals surface area contributed by atoms with Crippen LogP contribution in [0.1, 0.15) is 37.6 Å². The lowest BCUT2D eigenvalue weighted by molar-refractivity contribution is -0.138. The second kappa shape index (κ2) is 12.6. The van der Waals surface area contributed by atoms with E-state index in [4.69, 9.17) is 9.15 Å². The number of ether oxygens (including phenoxy) is 1. The zero-order valence-electron chi connectivity index (χ0n) is 22.9. The van der Waals surface area contributed by atoms with Crippen molar-refractivity contribution < 1.29 is 32.9 Å². The SMILES string of the molecule is C#C.O=C(O)[C@@H]1CCCN1c1nc(C(F)F)nc2c1oc1ccccc12.O=c1[nH]c2ccccc2n1C1CCOC[C@@H]1O. The van der Waals surface area contributed by atoms with Crippen molar-refractivity contribution in [1.29, 1.82) is 0 Å². The van der Waals surface area contributed by atoms with Gasteiger partial charge in [-0.2, -0.15) is 0 Å². The number of halogens is 2. The zero-order valence-corrected chi connectivity index (χ0v) is 22.9. The van der Waals surface area contributed by atoms with Gasteiger partial charge in [0, 0.05) is 18.5 Å². The number of aliphatic hydroxyl groups excluding tert-OH is 1. The molecule has 2 fully saturated rings. The lowest BCUT2D eigenvalue weighted by atomic mass is 10.1. The number of alkyl halides is 2. The van der Waals surface area contributed by atoms with Gasteiger partial charge in [0.2, 0.25) is 0 Å². The van der Waals surface area contributed by atoms with E-state index in [0.29, 0.717) is 43.4 Å². The van der Waals surface area contributed by atoms with Crippen molar-refractivity contribution >= 4 is 44.9 Å². The van der Waals surface area contributed by atoms with E-state index in [9.17, 15) is 28.6 Å². The van der Waals surface area contributed by atoms with Crippen molar-refractivity contribution in [3.05, 3.63) is 64.8 Å². The molecular formula is C30H29F2N5O6. The van der Waals surface area contributed by atoms with E-state index in [-0.39, 0.29) is 35.3 Å². The summed E-state index contributed by atoms with van der Waals surface area (Å²) in [5.74, 6) is -1.51. The Morgan fingerprint density at radius 2 is 1.84 bits per heavy atom. The average molecular weight is 594 g/mol. The third-order valence-corrected chi connectivity index (χ3v) is 7.47. The molecule has 3 atom stereocenters. The van der Waals surface area contributed by atoms with Gasteiger partial charge in [0.15, 0.2) is 17.2 Å². The molecule has 3 aromatic heterocycles. The number of aromatic nitrogens is 4. The first-order valence-electron chi connectivity index (χ1n) is 13.6. The van der Waals surface area contributed by atoms with Gasteiger partial charge >= 0.3 is 11.7 Å². The summed E-state index contributed by atoms with van der Waals surface area (Å²) in [6.07, 6.45) is 6.26.